The van der Waals surface area contributed by atoms with E-state index in [2.05, 4.69) is 20.0 Å². The highest BCUT2D eigenvalue weighted by Gasteiger charge is 2.13. The molecule has 0 aliphatic heterocycles. The number of nitrogens with zero attached hydrogens (tertiary/aromatic N) is 1. The molecule has 0 fully saturated rings. The summed E-state index contributed by atoms with van der Waals surface area (Å²) in [6.45, 7) is 0. The number of hydrogen-bond acceptors (Lipinski definition) is 5. The molecule has 2 aromatic carbocycles. The summed E-state index contributed by atoms with van der Waals surface area (Å²) in [5.41, 5.74) is 1.54. The van der Waals surface area contributed by atoms with E-state index in [0.717, 1.165) is 5.39 Å². The summed E-state index contributed by atoms with van der Waals surface area (Å²) >= 11 is 0. The van der Waals surface area contributed by atoms with Crippen molar-refractivity contribution in [3.63, 3.8) is 0 Å². The van der Waals surface area contributed by atoms with Gasteiger partial charge in [0.1, 0.15) is 11.4 Å². The minimum absolute atomic E-state index is 0.0177. The highest BCUT2D eigenvalue weighted by atomic mass is 19.1. The lowest BCUT2D eigenvalue weighted by atomic mass is 10.1. The van der Waals surface area contributed by atoms with Crippen LogP contribution >= 0.6 is 0 Å². The van der Waals surface area contributed by atoms with Crippen molar-refractivity contribution in [1.82, 2.24) is 9.97 Å². The number of carbonyl (C=O) groups excluding carboxylic acids is 2. The molecule has 7 nitrogen and oxygen atoms in total. The molecule has 2 N–H and O–H groups in total. The van der Waals surface area contributed by atoms with Crippen LogP contribution in [0.4, 0.5) is 10.1 Å². The predicted octanol–water partition coefficient (Wildman–Crippen LogP) is 4.53. The fourth-order valence-corrected chi connectivity index (χ4v) is 2.88. The number of ether oxygens (including phenoxy) is 2. The number of carbonyl (C=O) groups is 2. The lowest BCUT2D eigenvalue weighted by Crippen LogP contribution is -2.12. The van der Waals surface area contributed by atoms with Crippen molar-refractivity contribution >= 4 is 28.6 Å². The van der Waals surface area contributed by atoms with E-state index in [4.69, 9.17) is 4.74 Å². The fourth-order valence-electron chi connectivity index (χ4n) is 2.88. The van der Waals surface area contributed by atoms with Crippen LogP contribution in [0.5, 0.6) is 11.5 Å². The number of anilines is 1. The Hall–Kier alpha value is -4.20. The number of methoxy groups -OCH3 is 1. The van der Waals surface area contributed by atoms with Crippen LogP contribution in [0, 0.1) is 5.82 Å². The molecule has 0 atom stereocenters. The summed E-state index contributed by atoms with van der Waals surface area (Å²) in [4.78, 5) is 31.0. The molecule has 2 heterocycles. The minimum atomic E-state index is -0.630. The number of fused-ring (bicyclic) bond motifs is 1. The van der Waals surface area contributed by atoms with Crippen molar-refractivity contribution in [3.8, 4) is 11.5 Å². The predicted molar refractivity (Wildman–Crippen MR) is 108 cm³/mol. The van der Waals surface area contributed by atoms with Crippen LogP contribution in [-0.2, 0) is 4.74 Å². The molecule has 0 spiro atoms. The molecular weight excluding hydrogens is 389 g/mol. The third kappa shape index (κ3) is 3.83. The van der Waals surface area contributed by atoms with E-state index in [1.165, 1.54) is 49.6 Å². The second kappa shape index (κ2) is 8.04. The van der Waals surface area contributed by atoms with E-state index in [-0.39, 0.29) is 11.4 Å². The van der Waals surface area contributed by atoms with E-state index >= 15 is 0 Å². The first-order valence-corrected chi connectivity index (χ1v) is 8.94. The van der Waals surface area contributed by atoms with Crippen LogP contribution in [0.25, 0.3) is 11.0 Å². The smallest absolute Gasteiger partial charge is 0.337 e. The van der Waals surface area contributed by atoms with Gasteiger partial charge in [-0.05, 0) is 48.5 Å². The normalized spacial score (nSPS) is 10.6. The number of rotatable bonds is 5. The van der Waals surface area contributed by atoms with Gasteiger partial charge in [-0.2, -0.15) is 0 Å². The van der Waals surface area contributed by atoms with E-state index in [1.54, 1.807) is 24.5 Å². The van der Waals surface area contributed by atoms with E-state index in [9.17, 15) is 14.0 Å². The van der Waals surface area contributed by atoms with E-state index < -0.39 is 17.7 Å². The Balaban J connectivity index is 1.48. The van der Waals surface area contributed by atoms with E-state index in [1.807, 2.05) is 0 Å². The topological polar surface area (TPSA) is 93.3 Å². The molecular formula is C22H16FN3O4. The lowest BCUT2D eigenvalue weighted by Gasteiger charge is -2.10. The number of esters is 1. The van der Waals surface area contributed by atoms with Crippen LogP contribution < -0.4 is 10.1 Å². The molecule has 0 saturated heterocycles. The van der Waals surface area contributed by atoms with Gasteiger partial charge < -0.3 is 19.8 Å². The van der Waals surface area contributed by atoms with Crippen molar-refractivity contribution < 1.29 is 23.5 Å². The van der Waals surface area contributed by atoms with Gasteiger partial charge in [0, 0.05) is 29.7 Å². The quantitative estimate of drug-likeness (QED) is 0.476. The Morgan fingerprint density at radius 2 is 1.77 bits per heavy atom. The van der Waals surface area contributed by atoms with Crippen molar-refractivity contribution in [2.45, 2.75) is 0 Å². The minimum Gasteiger partial charge on any atom is -0.465 e. The van der Waals surface area contributed by atoms with Gasteiger partial charge in [0.05, 0.1) is 18.1 Å². The standard InChI is InChI=1S/C22H16FN3O4/c1-29-22(28)14-4-2-13(3-5-14)21(27)26-15-6-7-19(17(23)12-15)30-18-9-11-25-20-16(18)8-10-24-20/h2-12H,1H3,(H,24,25)(H,26,27). The van der Waals surface area contributed by atoms with Crippen LogP contribution in [0.2, 0.25) is 0 Å². The van der Waals surface area contributed by atoms with Crippen LogP contribution in [0.3, 0.4) is 0 Å². The van der Waals surface area contributed by atoms with Gasteiger partial charge in [-0.15, -0.1) is 0 Å². The van der Waals surface area contributed by atoms with Gasteiger partial charge >= 0.3 is 5.97 Å². The monoisotopic (exact) mass is 405 g/mol. The fraction of sp³-hybridized carbons (Fsp3) is 0.0455. The van der Waals surface area contributed by atoms with Crippen LogP contribution in [0.1, 0.15) is 20.7 Å². The molecule has 0 aliphatic carbocycles. The second-order valence-corrected chi connectivity index (χ2v) is 6.32. The largest absolute Gasteiger partial charge is 0.465 e. The zero-order valence-corrected chi connectivity index (χ0v) is 15.8. The number of amides is 1. The van der Waals surface area contributed by atoms with Gasteiger partial charge in [-0.3, -0.25) is 4.79 Å². The molecule has 0 radical (unpaired) electrons. The highest BCUT2D eigenvalue weighted by molar-refractivity contribution is 6.04. The number of aromatic nitrogens is 2. The zero-order valence-electron chi connectivity index (χ0n) is 15.8. The van der Waals surface area contributed by atoms with Gasteiger partial charge in [0.25, 0.3) is 5.91 Å². The SMILES string of the molecule is COC(=O)c1ccc(C(=O)Nc2ccc(Oc3ccnc4[nH]ccc34)c(F)c2)cc1. The Kier molecular flexibility index (Phi) is 5.13. The average Bonchev–Trinajstić information content (AvgIpc) is 3.25. The Bertz CT molecular complexity index is 1230. The Morgan fingerprint density at radius 3 is 2.50 bits per heavy atom. The molecule has 1 amide bonds. The molecule has 8 heteroatoms. The van der Waals surface area contributed by atoms with Gasteiger partial charge in [0.2, 0.25) is 0 Å². The Labute approximate surface area is 170 Å². The number of pyridine rings is 1. The van der Waals surface area contributed by atoms with Crippen LogP contribution in [-0.4, -0.2) is 29.0 Å². The molecule has 150 valence electrons. The number of H-pyrrole nitrogens is 1. The summed E-state index contributed by atoms with van der Waals surface area (Å²) in [6.07, 6.45) is 3.28. The van der Waals surface area contributed by atoms with Gasteiger partial charge in [-0.1, -0.05) is 0 Å². The molecule has 0 saturated carbocycles. The maximum Gasteiger partial charge on any atom is 0.337 e. The molecule has 0 aliphatic rings. The second-order valence-electron chi connectivity index (χ2n) is 6.32. The first kappa shape index (κ1) is 19.1. The summed E-state index contributed by atoms with van der Waals surface area (Å²) in [6, 6.07) is 13.5. The van der Waals surface area contributed by atoms with Crippen molar-refractivity contribution in [1.29, 1.82) is 0 Å². The number of benzene rings is 2. The third-order valence-electron chi connectivity index (χ3n) is 4.40. The summed E-state index contributed by atoms with van der Waals surface area (Å²) in [5.74, 6) is -1.09. The first-order chi connectivity index (χ1) is 14.5. The average molecular weight is 405 g/mol. The van der Waals surface area contributed by atoms with Crippen molar-refractivity contribution in [2.75, 3.05) is 12.4 Å². The Morgan fingerprint density at radius 1 is 1.00 bits per heavy atom. The zero-order chi connectivity index (χ0) is 21.1. The molecule has 0 unspecified atom stereocenters. The lowest BCUT2D eigenvalue weighted by molar-refractivity contribution is 0.0600. The highest BCUT2D eigenvalue weighted by Crippen LogP contribution is 2.31. The van der Waals surface area contributed by atoms with E-state index in [0.29, 0.717) is 22.5 Å². The maximum absolute atomic E-state index is 14.5. The number of hydrogen-bond donors (Lipinski definition) is 2. The molecule has 2 aromatic heterocycles. The molecule has 30 heavy (non-hydrogen) atoms. The van der Waals surface area contributed by atoms with Gasteiger partial charge in [-0.25, -0.2) is 14.2 Å². The first-order valence-electron chi connectivity index (χ1n) is 8.94. The molecule has 4 aromatic rings. The van der Waals surface area contributed by atoms with Crippen molar-refractivity contribution in [2.24, 2.45) is 0 Å². The van der Waals surface area contributed by atoms with Gasteiger partial charge in [0.15, 0.2) is 11.6 Å². The van der Waals surface area contributed by atoms with Crippen molar-refractivity contribution in [3.05, 3.63) is 83.9 Å². The molecule has 4 rings (SSSR count). The molecule has 0 bridgehead atoms. The number of halogens is 1. The van der Waals surface area contributed by atoms with Crippen LogP contribution in [0.15, 0.2) is 67.0 Å². The summed E-state index contributed by atoms with van der Waals surface area (Å²) < 4.78 is 24.8. The summed E-state index contributed by atoms with van der Waals surface area (Å²) in [7, 11) is 1.28. The summed E-state index contributed by atoms with van der Waals surface area (Å²) in [5, 5.41) is 3.34. The number of aromatic amines is 1. The number of nitrogens with one attached hydrogen (secondary N) is 2. The maximum atomic E-state index is 14.5. The third-order valence-corrected chi connectivity index (χ3v) is 4.40.